The molecule has 2 heteroatoms. The molecule has 0 heterocycles. The van der Waals surface area contributed by atoms with E-state index >= 15 is 0 Å². The van der Waals surface area contributed by atoms with Gasteiger partial charge in [-0.15, -0.1) is 0 Å². The molecule has 1 aromatic rings. The van der Waals surface area contributed by atoms with Crippen LogP contribution in [0.2, 0.25) is 0 Å². The lowest BCUT2D eigenvalue weighted by Gasteiger charge is -2.16. The minimum Gasteiger partial charge on any atom is -0.302 e. The Morgan fingerprint density at radius 3 is 2.75 bits per heavy atom. The third kappa shape index (κ3) is 5.08. The zero-order chi connectivity index (χ0) is 12.0. The van der Waals surface area contributed by atoms with E-state index < -0.39 is 0 Å². The van der Waals surface area contributed by atoms with Crippen molar-refractivity contribution in [1.29, 1.82) is 0 Å². The maximum atomic E-state index is 10.8. The van der Waals surface area contributed by atoms with Gasteiger partial charge >= 0.3 is 0 Å². The number of Topliss-reactive ketones (excluding diaryl/α,β-unsaturated/α-hetero) is 1. The third-order valence-corrected chi connectivity index (χ3v) is 2.60. The quantitative estimate of drug-likeness (QED) is 0.733. The first-order chi connectivity index (χ1) is 7.58. The van der Waals surface area contributed by atoms with Crippen LogP contribution < -0.4 is 0 Å². The van der Waals surface area contributed by atoms with Gasteiger partial charge in [-0.2, -0.15) is 0 Å². The van der Waals surface area contributed by atoms with Crippen molar-refractivity contribution in [2.24, 2.45) is 0 Å². The summed E-state index contributed by atoms with van der Waals surface area (Å²) in [5, 5.41) is 0. The molecule has 1 rings (SSSR count). The number of hydrogen-bond donors (Lipinski definition) is 0. The van der Waals surface area contributed by atoms with Crippen molar-refractivity contribution >= 4 is 5.78 Å². The molecule has 1 aromatic carbocycles. The van der Waals surface area contributed by atoms with Gasteiger partial charge in [-0.05, 0) is 39.4 Å². The number of carbonyl (C=O) groups excluding carboxylic acids is 1. The van der Waals surface area contributed by atoms with E-state index in [0.717, 1.165) is 19.5 Å². The molecule has 0 amide bonds. The molecule has 0 fully saturated rings. The van der Waals surface area contributed by atoms with Crippen molar-refractivity contribution in [1.82, 2.24) is 4.90 Å². The molecule has 0 aliphatic carbocycles. The zero-order valence-corrected chi connectivity index (χ0v) is 10.5. The largest absolute Gasteiger partial charge is 0.302 e. The van der Waals surface area contributed by atoms with E-state index in [2.05, 4.69) is 43.1 Å². The first-order valence-electron chi connectivity index (χ1n) is 5.81. The number of carbonyl (C=O) groups is 1. The lowest BCUT2D eigenvalue weighted by atomic mass is 10.1. The summed E-state index contributed by atoms with van der Waals surface area (Å²) in [6.45, 7) is 5.70. The van der Waals surface area contributed by atoms with Gasteiger partial charge in [0, 0.05) is 13.0 Å². The number of rotatable bonds is 6. The summed E-state index contributed by atoms with van der Waals surface area (Å²) < 4.78 is 0. The van der Waals surface area contributed by atoms with Gasteiger partial charge in [0.1, 0.15) is 5.78 Å². The SMILES string of the molecule is CC(=O)CCCN(C)Cc1cccc(C)c1. The van der Waals surface area contributed by atoms with Gasteiger partial charge in [-0.25, -0.2) is 0 Å². The summed E-state index contributed by atoms with van der Waals surface area (Å²) in [6.07, 6.45) is 1.65. The Hall–Kier alpha value is -1.15. The van der Waals surface area contributed by atoms with Crippen LogP contribution in [-0.2, 0) is 11.3 Å². The number of hydrogen-bond acceptors (Lipinski definition) is 2. The average Bonchev–Trinajstić information content (AvgIpc) is 2.16. The van der Waals surface area contributed by atoms with Crippen LogP contribution in [0, 0.1) is 6.92 Å². The molecule has 16 heavy (non-hydrogen) atoms. The van der Waals surface area contributed by atoms with E-state index in [0.29, 0.717) is 6.42 Å². The van der Waals surface area contributed by atoms with Crippen LogP contribution in [0.5, 0.6) is 0 Å². The van der Waals surface area contributed by atoms with Crippen molar-refractivity contribution in [2.45, 2.75) is 33.2 Å². The third-order valence-electron chi connectivity index (χ3n) is 2.60. The molecular formula is C14H21NO. The molecule has 0 radical (unpaired) electrons. The number of nitrogens with zero attached hydrogens (tertiary/aromatic N) is 1. The van der Waals surface area contributed by atoms with E-state index in [9.17, 15) is 4.79 Å². The van der Waals surface area contributed by atoms with Crippen molar-refractivity contribution in [3.8, 4) is 0 Å². The lowest BCUT2D eigenvalue weighted by Crippen LogP contribution is -2.19. The lowest BCUT2D eigenvalue weighted by molar-refractivity contribution is -0.117. The van der Waals surface area contributed by atoms with Gasteiger partial charge in [0.2, 0.25) is 0 Å². The van der Waals surface area contributed by atoms with E-state index in [1.165, 1.54) is 11.1 Å². The summed E-state index contributed by atoms with van der Waals surface area (Å²) >= 11 is 0. The Balaban J connectivity index is 2.33. The highest BCUT2D eigenvalue weighted by Gasteiger charge is 2.01. The standard InChI is InChI=1S/C14H21NO/c1-12-6-4-8-14(10-12)11-15(3)9-5-7-13(2)16/h4,6,8,10H,5,7,9,11H2,1-3H3. The second-order valence-corrected chi connectivity index (χ2v) is 4.53. The smallest absolute Gasteiger partial charge is 0.129 e. The van der Waals surface area contributed by atoms with Crippen molar-refractivity contribution < 1.29 is 4.79 Å². The van der Waals surface area contributed by atoms with Crippen molar-refractivity contribution in [2.75, 3.05) is 13.6 Å². The van der Waals surface area contributed by atoms with Crippen molar-refractivity contribution in [3.63, 3.8) is 0 Å². The normalized spacial score (nSPS) is 10.8. The fourth-order valence-corrected chi connectivity index (χ4v) is 1.80. The monoisotopic (exact) mass is 219 g/mol. The van der Waals surface area contributed by atoms with Crippen LogP contribution in [0.15, 0.2) is 24.3 Å². The maximum Gasteiger partial charge on any atom is 0.129 e. The molecule has 0 atom stereocenters. The van der Waals surface area contributed by atoms with E-state index in [1.54, 1.807) is 6.92 Å². The summed E-state index contributed by atoms with van der Waals surface area (Å²) in [7, 11) is 2.10. The van der Waals surface area contributed by atoms with Gasteiger partial charge in [0.15, 0.2) is 0 Å². The van der Waals surface area contributed by atoms with Crippen LogP contribution in [0.25, 0.3) is 0 Å². The fraction of sp³-hybridized carbons (Fsp3) is 0.500. The number of aryl methyl sites for hydroxylation is 1. The van der Waals surface area contributed by atoms with Gasteiger partial charge in [0.25, 0.3) is 0 Å². The van der Waals surface area contributed by atoms with E-state index in [1.807, 2.05) is 0 Å². The molecule has 0 aromatic heterocycles. The van der Waals surface area contributed by atoms with Gasteiger partial charge in [-0.1, -0.05) is 29.8 Å². The molecule has 88 valence electrons. The predicted octanol–water partition coefficient (Wildman–Crippen LogP) is 2.80. The summed E-state index contributed by atoms with van der Waals surface area (Å²) in [4.78, 5) is 13.1. The highest BCUT2D eigenvalue weighted by molar-refractivity contribution is 5.75. The first kappa shape index (κ1) is 12.9. The molecule has 0 saturated carbocycles. The predicted molar refractivity (Wildman–Crippen MR) is 67.4 cm³/mol. The van der Waals surface area contributed by atoms with Crippen LogP contribution in [0.4, 0.5) is 0 Å². The van der Waals surface area contributed by atoms with Gasteiger partial charge in [0.05, 0.1) is 0 Å². The molecule has 0 aliphatic heterocycles. The van der Waals surface area contributed by atoms with Crippen LogP contribution in [0.1, 0.15) is 30.9 Å². The molecular weight excluding hydrogens is 198 g/mol. The summed E-state index contributed by atoms with van der Waals surface area (Å²) in [5.41, 5.74) is 2.64. The van der Waals surface area contributed by atoms with Crippen molar-refractivity contribution in [3.05, 3.63) is 35.4 Å². The molecule has 0 bridgehead atoms. The summed E-state index contributed by atoms with van der Waals surface area (Å²) in [5.74, 6) is 0.281. The second-order valence-electron chi connectivity index (χ2n) is 4.53. The molecule has 0 N–H and O–H groups in total. The Morgan fingerprint density at radius 2 is 2.12 bits per heavy atom. The molecule has 0 unspecified atom stereocenters. The average molecular weight is 219 g/mol. The highest BCUT2D eigenvalue weighted by Crippen LogP contribution is 2.07. The Morgan fingerprint density at radius 1 is 1.38 bits per heavy atom. The molecule has 0 saturated heterocycles. The maximum absolute atomic E-state index is 10.8. The van der Waals surface area contributed by atoms with Crippen LogP contribution in [0.3, 0.4) is 0 Å². The van der Waals surface area contributed by atoms with Crippen LogP contribution >= 0.6 is 0 Å². The number of ketones is 1. The van der Waals surface area contributed by atoms with E-state index in [-0.39, 0.29) is 5.78 Å². The first-order valence-corrected chi connectivity index (χ1v) is 5.81. The summed E-state index contributed by atoms with van der Waals surface area (Å²) in [6, 6.07) is 8.56. The Bertz CT molecular complexity index is 346. The van der Waals surface area contributed by atoms with Gasteiger partial charge in [-0.3, -0.25) is 0 Å². The fourth-order valence-electron chi connectivity index (χ4n) is 1.80. The second kappa shape index (κ2) is 6.44. The molecule has 0 spiro atoms. The van der Waals surface area contributed by atoms with Gasteiger partial charge < -0.3 is 9.69 Å². The Labute approximate surface area is 98.3 Å². The number of benzene rings is 1. The van der Waals surface area contributed by atoms with Crippen LogP contribution in [-0.4, -0.2) is 24.3 Å². The molecule has 0 aliphatic rings. The minimum atomic E-state index is 0.281. The minimum absolute atomic E-state index is 0.281. The zero-order valence-electron chi connectivity index (χ0n) is 10.5. The molecule has 2 nitrogen and oxygen atoms in total. The topological polar surface area (TPSA) is 20.3 Å². The Kier molecular flexibility index (Phi) is 5.20. The highest BCUT2D eigenvalue weighted by atomic mass is 16.1. The van der Waals surface area contributed by atoms with E-state index in [4.69, 9.17) is 0 Å².